The number of hydrogen-bond acceptors (Lipinski definition) is 6. The van der Waals surface area contributed by atoms with Crippen molar-refractivity contribution in [1.82, 2.24) is 20.9 Å². The Hall–Kier alpha value is -2.68. The molecule has 1 aromatic rings. The van der Waals surface area contributed by atoms with Crippen LogP contribution in [-0.4, -0.2) is 48.5 Å². The molecule has 0 aromatic carbocycles. The molecule has 0 spiro atoms. The summed E-state index contributed by atoms with van der Waals surface area (Å²) in [5.41, 5.74) is 0.0410. The van der Waals surface area contributed by atoms with Crippen LogP contribution in [0.2, 0.25) is 5.02 Å². The molecule has 0 saturated heterocycles. The van der Waals surface area contributed by atoms with E-state index in [1.807, 2.05) is 5.32 Å². The molecule has 4 amide bonds. The average Bonchev–Trinajstić information content (AvgIpc) is 2.50. The van der Waals surface area contributed by atoms with E-state index in [4.69, 9.17) is 11.6 Å². The second-order valence-electron chi connectivity index (χ2n) is 4.11. The number of amides is 4. The van der Waals surface area contributed by atoms with Gasteiger partial charge in [-0.05, 0) is 19.1 Å². The summed E-state index contributed by atoms with van der Waals surface area (Å²) in [5.74, 6) is -2.24. The van der Waals surface area contributed by atoms with Crippen molar-refractivity contribution >= 4 is 35.4 Å². The van der Waals surface area contributed by atoms with Gasteiger partial charge in [0.1, 0.15) is 12.2 Å². The van der Waals surface area contributed by atoms with Gasteiger partial charge in [-0.1, -0.05) is 11.6 Å². The lowest BCUT2D eigenvalue weighted by atomic mass is 10.3. The number of esters is 1. The summed E-state index contributed by atoms with van der Waals surface area (Å²) in [5, 5.41) is 6.89. The molecule has 1 aromatic heterocycles. The summed E-state index contributed by atoms with van der Waals surface area (Å²) < 4.78 is 4.60. The standard InChI is InChI=1S/C13H15ClN4O5/c1-2-15-13(22)18-10(19)7-23-11(20)6-17-12(21)9-5-8(14)3-4-16-9/h3-5H,2,6-7H2,1H3,(H,17,21)(H2,15,18,19,22). The number of pyridine rings is 1. The van der Waals surface area contributed by atoms with E-state index < -0.39 is 37.0 Å². The zero-order chi connectivity index (χ0) is 17.2. The van der Waals surface area contributed by atoms with Gasteiger partial charge in [-0.25, -0.2) is 4.79 Å². The van der Waals surface area contributed by atoms with Crippen molar-refractivity contribution in [2.24, 2.45) is 0 Å². The van der Waals surface area contributed by atoms with Crippen molar-refractivity contribution in [1.29, 1.82) is 0 Å². The van der Waals surface area contributed by atoms with Crippen LogP contribution in [0.4, 0.5) is 4.79 Å². The number of aromatic nitrogens is 1. The Bertz CT molecular complexity index is 608. The van der Waals surface area contributed by atoms with E-state index in [9.17, 15) is 19.2 Å². The van der Waals surface area contributed by atoms with Gasteiger partial charge in [0, 0.05) is 17.8 Å². The van der Waals surface area contributed by atoms with E-state index in [0.29, 0.717) is 11.6 Å². The largest absolute Gasteiger partial charge is 0.454 e. The van der Waals surface area contributed by atoms with Crippen molar-refractivity contribution in [3.8, 4) is 0 Å². The minimum absolute atomic E-state index is 0.0410. The van der Waals surface area contributed by atoms with Crippen LogP contribution in [0.5, 0.6) is 0 Å². The van der Waals surface area contributed by atoms with E-state index >= 15 is 0 Å². The fourth-order valence-corrected chi connectivity index (χ4v) is 1.50. The van der Waals surface area contributed by atoms with E-state index in [1.165, 1.54) is 18.3 Å². The third kappa shape index (κ3) is 7.23. The third-order valence-corrected chi connectivity index (χ3v) is 2.54. The van der Waals surface area contributed by atoms with Crippen molar-refractivity contribution in [2.45, 2.75) is 6.92 Å². The van der Waals surface area contributed by atoms with Gasteiger partial charge in [-0.15, -0.1) is 0 Å². The van der Waals surface area contributed by atoms with Gasteiger partial charge in [-0.3, -0.25) is 24.7 Å². The van der Waals surface area contributed by atoms with Crippen LogP contribution in [-0.2, 0) is 14.3 Å². The van der Waals surface area contributed by atoms with Crippen molar-refractivity contribution in [2.75, 3.05) is 19.7 Å². The molecule has 0 atom stereocenters. The van der Waals surface area contributed by atoms with Crippen molar-refractivity contribution in [3.05, 3.63) is 29.0 Å². The van der Waals surface area contributed by atoms with E-state index in [-0.39, 0.29) is 5.69 Å². The predicted molar refractivity (Wildman–Crippen MR) is 79.8 cm³/mol. The normalized spacial score (nSPS) is 9.65. The SMILES string of the molecule is CCNC(=O)NC(=O)COC(=O)CNC(=O)c1cc(Cl)ccn1. The van der Waals surface area contributed by atoms with Crippen LogP contribution < -0.4 is 16.0 Å². The average molecular weight is 343 g/mol. The summed E-state index contributed by atoms with van der Waals surface area (Å²) in [4.78, 5) is 49.2. The van der Waals surface area contributed by atoms with Gasteiger partial charge in [0.25, 0.3) is 11.8 Å². The number of nitrogens with one attached hydrogen (secondary N) is 3. The van der Waals surface area contributed by atoms with E-state index in [2.05, 4.69) is 20.4 Å². The Morgan fingerprint density at radius 3 is 2.65 bits per heavy atom. The monoisotopic (exact) mass is 342 g/mol. The number of nitrogens with zero attached hydrogens (tertiary/aromatic N) is 1. The number of rotatable bonds is 6. The van der Waals surface area contributed by atoms with E-state index in [1.54, 1.807) is 6.92 Å². The lowest BCUT2D eigenvalue weighted by Crippen LogP contribution is -2.41. The summed E-state index contributed by atoms with van der Waals surface area (Å²) in [6, 6.07) is 2.15. The van der Waals surface area contributed by atoms with Crippen LogP contribution in [0.15, 0.2) is 18.3 Å². The lowest BCUT2D eigenvalue weighted by Gasteiger charge is -2.07. The molecule has 0 radical (unpaired) electrons. The molecule has 0 aliphatic carbocycles. The second kappa shape index (κ2) is 9.36. The van der Waals surface area contributed by atoms with Gasteiger partial charge in [0.2, 0.25) is 0 Å². The molecule has 3 N–H and O–H groups in total. The molecule has 10 heteroatoms. The zero-order valence-electron chi connectivity index (χ0n) is 12.2. The topological polar surface area (TPSA) is 126 Å². The molecule has 0 fully saturated rings. The van der Waals surface area contributed by atoms with Crippen LogP contribution in [0.1, 0.15) is 17.4 Å². The van der Waals surface area contributed by atoms with Crippen molar-refractivity contribution < 1.29 is 23.9 Å². The number of urea groups is 1. The maximum absolute atomic E-state index is 11.7. The first kappa shape index (κ1) is 18.4. The maximum atomic E-state index is 11.7. The van der Waals surface area contributed by atoms with Crippen molar-refractivity contribution in [3.63, 3.8) is 0 Å². The number of hydrogen-bond donors (Lipinski definition) is 3. The Balaban J connectivity index is 2.30. The fourth-order valence-electron chi connectivity index (χ4n) is 1.34. The van der Waals surface area contributed by atoms with Crippen LogP contribution in [0, 0.1) is 0 Å². The summed E-state index contributed by atoms with van der Waals surface area (Å²) in [7, 11) is 0. The Kier molecular flexibility index (Phi) is 7.48. The van der Waals surface area contributed by atoms with Crippen LogP contribution in [0.3, 0.4) is 0 Å². The number of ether oxygens (including phenoxy) is 1. The minimum Gasteiger partial charge on any atom is -0.454 e. The molecule has 9 nitrogen and oxygen atoms in total. The Morgan fingerprint density at radius 1 is 1.26 bits per heavy atom. The molecule has 0 bridgehead atoms. The Labute approximate surface area is 136 Å². The van der Waals surface area contributed by atoms with Gasteiger partial charge in [0.05, 0.1) is 0 Å². The van der Waals surface area contributed by atoms with Gasteiger partial charge < -0.3 is 15.4 Å². The minimum atomic E-state index is -0.841. The zero-order valence-corrected chi connectivity index (χ0v) is 13.0. The quantitative estimate of drug-likeness (QED) is 0.617. The summed E-state index contributed by atoms with van der Waals surface area (Å²) >= 11 is 5.71. The number of carbonyl (C=O) groups is 4. The first-order chi connectivity index (χ1) is 10.9. The number of carbonyl (C=O) groups excluding carboxylic acids is 4. The number of halogens is 1. The third-order valence-electron chi connectivity index (χ3n) is 2.30. The van der Waals surface area contributed by atoms with Gasteiger partial charge >= 0.3 is 12.0 Å². The maximum Gasteiger partial charge on any atom is 0.325 e. The highest BCUT2D eigenvalue weighted by Crippen LogP contribution is 2.07. The molecular weight excluding hydrogens is 328 g/mol. The Morgan fingerprint density at radius 2 is 2.00 bits per heavy atom. The molecule has 0 aliphatic heterocycles. The smallest absolute Gasteiger partial charge is 0.325 e. The molecule has 23 heavy (non-hydrogen) atoms. The first-order valence-electron chi connectivity index (χ1n) is 6.55. The van der Waals surface area contributed by atoms with E-state index in [0.717, 1.165) is 0 Å². The molecule has 0 saturated carbocycles. The highest BCUT2D eigenvalue weighted by Gasteiger charge is 2.13. The molecule has 1 rings (SSSR count). The molecule has 124 valence electrons. The predicted octanol–water partition coefficient (Wildman–Crippen LogP) is -0.146. The first-order valence-corrected chi connectivity index (χ1v) is 6.93. The summed E-state index contributed by atoms with van der Waals surface area (Å²) in [6.45, 7) is 0.937. The van der Waals surface area contributed by atoms with Gasteiger partial charge in [0.15, 0.2) is 6.61 Å². The lowest BCUT2D eigenvalue weighted by molar-refractivity contribution is -0.147. The summed E-state index contributed by atoms with van der Waals surface area (Å²) in [6.07, 6.45) is 1.35. The molecular formula is C13H15ClN4O5. The second-order valence-corrected chi connectivity index (χ2v) is 4.55. The van der Waals surface area contributed by atoms with Crippen LogP contribution >= 0.6 is 11.6 Å². The van der Waals surface area contributed by atoms with Gasteiger partial charge in [-0.2, -0.15) is 0 Å². The molecule has 1 heterocycles. The molecule has 0 unspecified atom stereocenters. The highest BCUT2D eigenvalue weighted by atomic mass is 35.5. The van der Waals surface area contributed by atoms with Crippen LogP contribution in [0.25, 0.3) is 0 Å². The fraction of sp³-hybridized carbons (Fsp3) is 0.308. The number of imide groups is 1. The highest BCUT2D eigenvalue weighted by molar-refractivity contribution is 6.30. The molecule has 0 aliphatic rings.